The Morgan fingerprint density at radius 3 is 1.29 bits per heavy atom. The molecule has 0 amide bonds. The van der Waals surface area contributed by atoms with Crippen LogP contribution in [0.25, 0.3) is 21.5 Å². The van der Waals surface area contributed by atoms with E-state index in [-0.39, 0.29) is 24.8 Å². The zero-order chi connectivity index (χ0) is 19.3. The minimum atomic E-state index is 0. The van der Waals surface area contributed by atoms with E-state index in [9.17, 15) is 0 Å². The normalized spacial score (nSPS) is 9.43. The van der Waals surface area contributed by atoms with E-state index in [2.05, 4.69) is 102 Å². The van der Waals surface area contributed by atoms with Gasteiger partial charge in [0, 0.05) is 0 Å². The molecule has 0 spiro atoms. The summed E-state index contributed by atoms with van der Waals surface area (Å²) in [6.07, 6.45) is 0. The van der Waals surface area contributed by atoms with Crippen LogP contribution >= 0.6 is 24.8 Å². The van der Waals surface area contributed by atoms with Crippen LogP contribution in [0.15, 0.2) is 60.7 Å². The second-order valence-electron chi connectivity index (χ2n) is 7.10. The zero-order valence-electron chi connectivity index (χ0n) is 17.6. The first-order valence-electron chi connectivity index (χ1n) is 9.06. The Kier molecular flexibility index (Phi) is 12.1. The van der Waals surface area contributed by atoms with Gasteiger partial charge in [0.15, 0.2) is 0 Å². The Bertz CT molecular complexity index is 940. The van der Waals surface area contributed by atoms with Crippen LogP contribution in [0.1, 0.15) is 36.1 Å². The molecule has 0 radical (unpaired) electrons. The van der Waals surface area contributed by atoms with E-state index >= 15 is 0 Å². The number of hydrogen-bond donors (Lipinski definition) is 0. The van der Waals surface area contributed by atoms with Crippen LogP contribution in [0.4, 0.5) is 0 Å². The molecular formula is C25H30Cl2Zr. The molecule has 0 aliphatic carbocycles. The van der Waals surface area contributed by atoms with Gasteiger partial charge in [0.25, 0.3) is 0 Å². The first kappa shape index (κ1) is 27.0. The molecule has 0 aliphatic rings. The monoisotopic (exact) mass is 490 g/mol. The number of hydrogen-bond acceptors (Lipinski definition) is 0. The quantitative estimate of drug-likeness (QED) is 0.219. The van der Waals surface area contributed by atoms with E-state index in [0.717, 1.165) is 0 Å². The molecule has 0 aromatic heterocycles. The van der Waals surface area contributed by atoms with Gasteiger partial charge in [-0.1, -0.05) is 37.1 Å². The molecular weight excluding hydrogens is 462 g/mol. The number of halogens is 2. The molecule has 0 bridgehead atoms. The van der Waals surface area contributed by atoms with Gasteiger partial charge in [0.2, 0.25) is 0 Å². The third-order valence-electron chi connectivity index (χ3n) is 4.50. The van der Waals surface area contributed by atoms with Gasteiger partial charge >= 0.3 is 41.3 Å². The van der Waals surface area contributed by atoms with Gasteiger partial charge in [-0.15, -0.1) is 81.8 Å². The maximum atomic E-state index is 2.19. The van der Waals surface area contributed by atoms with E-state index in [4.69, 9.17) is 0 Å². The molecule has 4 aromatic carbocycles. The Hall–Kier alpha value is -1.01. The topological polar surface area (TPSA) is 0 Å². The van der Waals surface area contributed by atoms with E-state index in [1.807, 2.05) is 0 Å². The molecule has 4 rings (SSSR count). The smallest absolute Gasteiger partial charge is 0.0488 e. The molecule has 0 N–H and O–H groups in total. The summed E-state index contributed by atoms with van der Waals surface area (Å²) < 4.78 is 1.51. The average molecular weight is 493 g/mol. The maximum absolute atomic E-state index is 2.19. The van der Waals surface area contributed by atoms with E-state index in [1.54, 1.807) is 24.2 Å². The van der Waals surface area contributed by atoms with Crippen molar-refractivity contribution in [1.29, 1.82) is 0 Å². The number of rotatable bonds is 0. The fraction of sp³-hybridized carbons (Fsp3) is 0.240. The van der Waals surface area contributed by atoms with Crippen molar-refractivity contribution in [2.45, 2.75) is 41.5 Å². The Balaban J connectivity index is 0.000000415. The molecule has 0 unspecified atom stereocenters. The molecule has 0 nitrogen and oxygen atoms in total. The first-order valence-corrected chi connectivity index (χ1v) is 10.3. The number of benzene rings is 2. The maximum Gasteiger partial charge on any atom is -0.0488 e. The van der Waals surface area contributed by atoms with Crippen LogP contribution in [0, 0.1) is 27.7 Å². The summed E-state index contributed by atoms with van der Waals surface area (Å²) >= 11 is 1.55. The van der Waals surface area contributed by atoms with Crippen molar-refractivity contribution >= 4 is 49.6 Å². The Morgan fingerprint density at radius 2 is 1.00 bits per heavy atom. The molecule has 0 atom stereocenters. The van der Waals surface area contributed by atoms with Crippen LogP contribution < -0.4 is 0 Å². The summed E-state index contributed by atoms with van der Waals surface area (Å²) in [5.74, 6) is 0. The summed E-state index contributed by atoms with van der Waals surface area (Å²) in [5, 5.41) is 5.57. The molecule has 0 saturated heterocycles. The standard InChI is InChI=1S/2C11H11.C3H6.2ClH.Zr/c2*1-8-4-3-5-10-9(2)6-7-11(8)10;1-3-2;;;/h2*3-7H,1-2H3;1-2H3;2*1H;/q2*-1;;;;+2. The van der Waals surface area contributed by atoms with E-state index in [1.165, 1.54) is 47.0 Å². The minimum Gasteiger partial charge on any atom is -0.168 e. The molecule has 0 aliphatic heterocycles. The van der Waals surface area contributed by atoms with E-state index in [0.29, 0.717) is 0 Å². The molecule has 0 heterocycles. The number of fused-ring (bicyclic) bond motifs is 2. The molecule has 3 heteroatoms. The summed E-state index contributed by atoms with van der Waals surface area (Å²) in [6, 6.07) is 21.6. The second-order valence-corrected chi connectivity index (χ2v) is 9.56. The summed E-state index contributed by atoms with van der Waals surface area (Å²) in [4.78, 5) is 0. The number of aryl methyl sites for hydroxylation is 4. The second kappa shape index (κ2) is 12.5. The SMILES string of the molecule is C[C](C)=[Zr+2].Cc1cccc2c1cc[c-]2C.Cc1cccc2c1cc[c-]2C.Cl.Cl. The van der Waals surface area contributed by atoms with Crippen LogP contribution in [0.2, 0.25) is 0 Å². The van der Waals surface area contributed by atoms with Crippen molar-refractivity contribution in [3.63, 3.8) is 0 Å². The third-order valence-corrected chi connectivity index (χ3v) is 4.50. The fourth-order valence-electron chi connectivity index (χ4n) is 3.09. The molecule has 0 fully saturated rings. The average Bonchev–Trinajstić information content (AvgIpc) is 3.14. The Morgan fingerprint density at radius 1 is 0.679 bits per heavy atom. The molecule has 0 saturated carbocycles. The van der Waals surface area contributed by atoms with E-state index < -0.39 is 0 Å². The van der Waals surface area contributed by atoms with Gasteiger partial charge in [-0.05, 0) is 13.8 Å². The molecule has 148 valence electrons. The van der Waals surface area contributed by atoms with Crippen molar-refractivity contribution in [3.05, 3.63) is 82.9 Å². The summed E-state index contributed by atoms with van der Waals surface area (Å²) in [6.45, 7) is 12.9. The van der Waals surface area contributed by atoms with Gasteiger partial charge in [-0.2, -0.15) is 24.3 Å². The summed E-state index contributed by atoms with van der Waals surface area (Å²) in [7, 11) is 0. The van der Waals surface area contributed by atoms with Crippen LogP contribution in [0.5, 0.6) is 0 Å². The predicted octanol–water partition coefficient (Wildman–Crippen LogP) is 7.94. The third kappa shape index (κ3) is 7.11. The molecule has 4 aromatic rings. The van der Waals surface area contributed by atoms with Gasteiger partial charge in [-0.3, -0.25) is 0 Å². The summed E-state index contributed by atoms with van der Waals surface area (Å²) in [5.41, 5.74) is 5.50. The van der Waals surface area contributed by atoms with Gasteiger partial charge < -0.3 is 0 Å². The minimum absolute atomic E-state index is 0. The van der Waals surface area contributed by atoms with Crippen LogP contribution in [0.3, 0.4) is 0 Å². The van der Waals surface area contributed by atoms with Gasteiger partial charge in [0.1, 0.15) is 0 Å². The molecule has 28 heavy (non-hydrogen) atoms. The Labute approximate surface area is 197 Å². The van der Waals surface area contributed by atoms with Crippen LogP contribution in [-0.4, -0.2) is 3.21 Å². The fourth-order valence-corrected chi connectivity index (χ4v) is 3.09. The van der Waals surface area contributed by atoms with Crippen molar-refractivity contribution in [2.75, 3.05) is 0 Å². The van der Waals surface area contributed by atoms with Crippen molar-refractivity contribution in [2.24, 2.45) is 0 Å². The van der Waals surface area contributed by atoms with Crippen molar-refractivity contribution < 1.29 is 24.2 Å². The van der Waals surface area contributed by atoms with Crippen molar-refractivity contribution in [3.8, 4) is 0 Å². The van der Waals surface area contributed by atoms with Gasteiger partial charge in [-0.25, -0.2) is 0 Å². The van der Waals surface area contributed by atoms with Crippen molar-refractivity contribution in [1.82, 2.24) is 0 Å². The predicted molar refractivity (Wildman–Crippen MR) is 129 cm³/mol. The van der Waals surface area contributed by atoms with Gasteiger partial charge in [0.05, 0.1) is 0 Å². The first-order chi connectivity index (χ1) is 12.3. The van der Waals surface area contributed by atoms with Crippen LogP contribution in [-0.2, 0) is 24.2 Å². The largest absolute Gasteiger partial charge is 0.168 e. The zero-order valence-corrected chi connectivity index (χ0v) is 21.7.